The molecular formula is C21H30ClN3O2. The van der Waals surface area contributed by atoms with Crippen molar-refractivity contribution in [2.75, 3.05) is 26.2 Å². The highest BCUT2D eigenvalue weighted by Crippen LogP contribution is 2.58. The third-order valence-corrected chi connectivity index (χ3v) is 6.42. The number of carbonyl (C=O) groups is 2. The lowest BCUT2D eigenvalue weighted by Gasteiger charge is -2.26. The molecule has 1 spiro atoms. The molecule has 2 N–H and O–H groups in total. The van der Waals surface area contributed by atoms with E-state index >= 15 is 0 Å². The second kappa shape index (κ2) is 8.61. The van der Waals surface area contributed by atoms with Gasteiger partial charge in [0.25, 0.3) is 5.91 Å². The molecular weight excluding hydrogens is 362 g/mol. The first kappa shape index (κ1) is 20.2. The Balaban J connectivity index is 0.00000210. The molecule has 0 radical (unpaired) electrons. The van der Waals surface area contributed by atoms with Crippen LogP contribution in [0.15, 0.2) is 24.3 Å². The van der Waals surface area contributed by atoms with Crippen molar-refractivity contribution in [3.63, 3.8) is 0 Å². The van der Waals surface area contributed by atoms with E-state index in [4.69, 9.17) is 0 Å². The van der Waals surface area contributed by atoms with Crippen molar-refractivity contribution in [1.82, 2.24) is 15.5 Å². The number of rotatable bonds is 4. The first-order valence-corrected chi connectivity index (χ1v) is 10.0. The van der Waals surface area contributed by atoms with Gasteiger partial charge in [0.1, 0.15) is 0 Å². The van der Waals surface area contributed by atoms with E-state index in [0.717, 1.165) is 69.4 Å². The largest absolute Gasteiger partial charge is 0.352 e. The van der Waals surface area contributed by atoms with E-state index in [-0.39, 0.29) is 35.6 Å². The summed E-state index contributed by atoms with van der Waals surface area (Å²) in [5.74, 6) is 0.524. The summed E-state index contributed by atoms with van der Waals surface area (Å²) in [6.07, 6.45) is 6.73. The van der Waals surface area contributed by atoms with Crippen LogP contribution < -0.4 is 10.6 Å². The molecule has 0 aromatic heterocycles. The number of nitrogens with one attached hydrogen (secondary N) is 2. The van der Waals surface area contributed by atoms with E-state index in [2.05, 4.69) is 10.6 Å². The average Bonchev–Trinajstić information content (AvgIpc) is 3.40. The summed E-state index contributed by atoms with van der Waals surface area (Å²) < 4.78 is 0. The molecule has 1 unspecified atom stereocenters. The quantitative estimate of drug-likeness (QED) is 0.829. The molecule has 2 saturated heterocycles. The van der Waals surface area contributed by atoms with Crippen LogP contribution in [0.1, 0.15) is 54.4 Å². The first-order chi connectivity index (χ1) is 12.7. The Bertz CT molecular complexity index is 665. The fraction of sp³-hybridized carbons (Fsp3) is 0.619. The minimum atomic E-state index is 0. The summed E-state index contributed by atoms with van der Waals surface area (Å²) >= 11 is 0. The van der Waals surface area contributed by atoms with Crippen LogP contribution in [-0.2, 0) is 11.3 Å². The summed E-state index contributed by atoms with van der Waals surface area (Å²) in [7, 11) is 0. The van der Waals surface area contributed by atoms with E-state index in [0.29, 0.717) is 6.54 Å². The predicted octanol–water partition coefficient (Wildman–Crippen LogP) is 2.74. The molecule has 2 heterocycles. The van der Waals surface area contributed by atoms with E-state index in [9.17, 15) is 9.59 Å². The van der Waals surface area contributed by atoms with Crippen LogP contribution >= 0.6 is 12.4 Å². The van der Waals surface area contributed by atoms with Gasteiger partial charge in [-0.3, -0.25) is 9.59 Å². The lowest BCUT2D eigenvalue weighted by molar-refractivity contribution is -0.123. The molecule has 1 aromatic rings. The second-order valence-corrected chi connectivity index (χ2v) is 8.14. The van der Waals surface area contributed by atoms with Gasteiger partial charge in [0.15, 0.2) is 0 Å². The van der Waals surface area contributed by atoms with Gasteiger partial charge in [-0.15, -0.1) is 12.4 Å². The van der Waals surface area contributed by atoms with E-state index in [1.165, 1.54) is 6.42 Å². The first-order valence-electron chi connectivity index (χ1n) is 10.0. The topological polar surface area (TPSA) is 61.4 Å². The summed E-state index contributed by atoms with van der Waals surface area (Å²) in [6, 6.07) is 7.71. The zero-order valence-corrected chi connectivity index (χ0v) is 16.7. The highest BCUT2D eigenvalue weighted by Gasteiger charge is 2.57. The van der Waals surface area contributed by atoms with Crippen molar-refractivity contribution in [3.05, 3.63) is 35.4 Å². The van der Waals surface area contributed by atoms with Crippen LogP contribution in [0.3, 0.4) is 0 Å². The number of nitrogens with zero attached hydrogens (tertiary/aromatic N) is 1. The number of halogens is 1. The Kier molecular flexibility index (Phi) is 6.43. The van der Waals surface area contributed by atoms with Crippen LogP contribution in [0.4, 0.5) is 0 Å². The molecule has 5 nitrogen and oxygen atoms in total. The van der Waals surface area contributed by atoms with E-state index < -0.39 is 0 Å². The Hall–Kier alpha value is -1.59. The van der Waals surface area contributed by atoms with Crippen molar-refractivity contribution >= 4 is 24.2 Å². The molecule has 148 valence electrons. The molecule has 1 atom stereocenters. The van der Waals surface area contributed by atoms with Crippen LogP contribution in [0, 0.1) is 11.3 Å². The van der Waals surface area contributed by atoms with Crippen LogP contribution in [0.25, 0.3) is 0 Å². The number of likely N-dealkylation sites (tertiary alicyclic amines) is 1. The molecule has 1 aliphatic carbocycles. The van der Waals surface area contributed by atoms with Crippen molar-refractivity contribution in [3.8, 4) is 0 Å². The molecule has 4 rings (SSSR count). The minimum absolute atomic E-state index is 0. The van der Waals surface area contributed by atoms with Gasteiger partial charge in [-0.05, 0) is 74.7 Å². The molecule has 2 amide bonds. The number of piperidine rings is 2. The van der Waals surface area contributed by atoms with Crippen molar-refractivity contribution in [1.29, 1.82) is 0 Å². The summed E-state index contributed by atoms with van der Waals surface area (Å²) in [4.78, 5) is 26.9. The summed E-state index contributed by atoms with van der Waals surface area (Å²) in [5.41, 5.74) is 2.08. The molecule has 2 aliphatic heterocycles. The van der Waals surface area contributed by atoms with Crippen LogP contribution in [0.5, 0.6) is 0 Å². The predicted molar refractivity (Wildman–Crippen MR) is 108 cm³/mol. The third-order valence-electron chi connectivity index (χ3n) is 6.42. The van der Waals surface area contributed by atoms with E-state index in [1.807, 2.05) is 29.2 Å². The second-order valence-electron chi connectivity index (χ2n) is 8.14. The Morgan fingerprint density at radius 2 is 1.74 bits per heavy atom. The molecule has 3 aliphatic rings. The van der Waals surface area contributed by atoms with Gasteiger partial charge in [0.2, 0.25) is 5.91 Å². The lowest BCUT2D eigenvalue weighted by Crippen LogP contribution is -2.35. The number of carbonyl (C=O) groups excluding carboxylic acids is 2. The lowest BCUT2D eigenvalue weighted by atomic mass is 9.92. The zero-order valence-electron chi connectivity index (χ0n) is 15.8. The smallest absolute Gasteiger partial charge is 0.253 e. The highest BCUT2D eigenvalue weighted by atomic mass is 35.5. The normalized spacial score (nSPS) is 23.4. The van der Waals surface area contributed by atoms with Crippen molar-refractivity contribution in [2.24, 2.45) is 11.3 Å². The highest BCUT2D eigenvalue weighted by molar-refractivity contribution is 5.94. The fourth-order valence-electron chi connectivity index (χ4n) is 4.55. The number of benzene rings is 1. The molecule has 27 heavy (non-hydrogen) atoms. The standard InChI is InChI=1S/C21H29N3O2.ClH/c25-19(18-14-21(18)8-10-22-11-9-21)23-15-16-4-6-17(7-5-16)20(26)24-12-2-1-3-13-24;/h4-7,18,22H,1-3,8-15H2,(H,23,25);1H. The Morgan fingerprint density at radius 3 is 2.41 bits per heavy atom. The fourth-order valence-corrected chi connectivity index (χ4v) is 4.55. The molecule has 6 heteroatoms. The molecule has 1 saturated carbocycles. The molecule has 1 aromatic carbocycles. The zero-order chi connectivity index (χ0) is 18.0. The minimum Gasteiger partial charge on any atom is -0.352 e. The van der Waals surface area contributed by atoms with Gasteiger partial charge in [-0.25, -0.2) is 0 Å². The summed E-state index contributed by atoms with van der Waals surface area (Å²) in [5, 5.41) is 6.46. The third kappa shape index (κ3) is 4.46. The number of hydrogen-bond acceptors (Lipinski definition) is 3. The SMILES string of the molecule is Cl.O=C(NCc1ccc(C(=O)N2CCCCC2)cc1)C1CC12CCNCC2. The average molecular weight is 392 g/mol. The van der Waals surface area contributed by atoms with Crippen LogP contribution in [-0.4, -0.2) is 42.9 Å². The van der Waals surface area contributed by atoms with Gasteiger partial charge >= 0.3 is 0 Å². The van der Waals surface area contributed by atoms with Gasteiger partial charge in [-0.2, -0.15) is 0 Å². The van der Waals surface area contributed by atoms with Gasteiger partial charge in [0.05, 0.1) is 0 Å². The maximum atomic E-state index is 12.5. The Labute approximate surface area is 167 Å². The molecule has 0 bridgehead atoms. The van der Waals surface area contributed by atoms with Gasteiger partial charge in [-0.1, -0.05) is 12.1 Å². The summed E-state index contributed by atoms with van der Waals surface area (Å²) in [6.45, 7) is 4.36. The number of hydrogen-bond donors (Lipinski definition) is 2. The number of amides is 2. The van der Waals surface area contributed by atoms with Gasteiger partial charge < -0.3 is 15.5 Å². The van der Waals surface area contributed by atoms with E-state index in [1.54, 1.807) is 0 Å². The monoisotopic (exact) mass is 391 g/mol. The maximum absolute atomic E-state index is 12.5. The Morgan fingerprint density at radius 1 is 1.07 bits per heavy atom. The van der Waals surface area contributed by atoms with Gasteiger partial charge in [0, 0.05) is 31.1 Å². The van der Waals surface area contributed by atoms with Crippen molar-refractivity contribution < 1.29 is 9.59 Å². The maximum Gasteiger partial charge on any atom is 0.253 e. The van der Waals surface area contributed by atoms with Crippen molar-refractivity contribution in [2.45, 2.75) is 45.1 Å². The van der Waals surface area contributed by atoms with Crippen LogP contribution in [0.2, 0.25) is 0 Å². The molecule has 3 fully saturated rings.